The zero-order valence-corrected chi connectivity index (χ0v) is 15.2. The van der Waals surface area contributed by atoms with Gasteiger partial charge in [-0.15, -0.1) is 0 Å². The molecule has 2 fully saturated rings. The topological polar surface area (TPSA) is 50.2 Å². The minimum absolute atomic E-state index is 0.0816. The van der Waals surface area contributed by atoms with Gasteiger partial charge in [-0.3, -0.25) is 0 Å². The molecule has 1 N–H and O–H groups in total. The molecule has 4 rings (SSSR count). The lowest BCUT2D eigenvalue weighted by Gasteiger charge is -2.19. The number of halogens is 2. The Bertz CT molecular complexity index is 764. The highest BCUT2D eigenvalue weighted by Crippen LogP contribution is 2.38. The summed E-state index contributed by atoms with van der Waals surface area (Å²) < 4.78 is 1.33. The predicted octanol–water partition coefficient (Wildman–Crippen LogP) is 3.66. The third-order valence-electron chi connectivity index (χ3n) is 5.31. The van der Waals surface area contributed by atoms with Gasteiger partial charge in [0.2, 0.25) is 0 Å². The second kappa shape index (κ2) is 6.98. The van der Waals surface area contributed by atoms with Crippen LogP contribution in [-0.4, -0.2) is 39.8 Å². The summed E-state index contributed by atoms with van der Waals surface area (Å²) in [6.07, 6.45) is 5.24. The molecule has 1 saturated carbocycles. The molecule has 25 heavy (non-hydrogen) atoms. The van der Waals surface area contributed by atoms with E-state index < -0.39 is 0 Å². The van der Waals surface area contributed by atoms with Crippen molar-refractivity contribution >= 4 is 29.2 Å². The van der Waals surface area contributed by atoms with Gasteiger partial charge in [0, 0.05) is 30.7 Å². The molecule has 3 atom stereocenters. The van der Waals surface area contributed by atoms with Crippen LogP contribution in [0, 0.1) is 11.8 Å². The van der Waals surface area contributed by atoms with Crippen molar-refractivity contribution in [2.45, 2.75) is 25.4 Å². The Morgan fingerprint density at radius 2 is 1.92 bits per heavy atom. The fourth-order valence-electron chi connectivity index (χ4n) is 4.07. The Labute approximate surface area is 156 Å². The van der Waals surface area contributed by atoms with Gasteiger partial charge in [-0.2, -0.15) is 9.78 Å². The number of nitrogens with zero attached hydrogens (tertiary/aromatic N) is 3. The van der Waals surface area contributed by atoms with Gasteiger partial charge in [-0.05, 0) is 36.3 Å². The SMILES string of the molecule is O=C(N1C[C@H]2CC(NCc3ccccc3Cl)C[C@H]2C1)n1cc(Cl)cn1. The Balaban J connectivity index is 1.30. The van der Waals surface area contributed by atoms with E-state index in [0.717, 1.165) is 43.1 Å². The van der Waals surface area contributed by atoms with Crippen molar-refractivity contribution in [1.82, 2.24) is 20.0 Å². The maximum Gasteiger partial charge on any atom is 0.344 e. The molecule has 2 aromatic rings. The van der Waals surface area contributed by atoms with Crippen LogP contribution >= 0.6 is 23.2 Å². The van der Waals surface area contributed by atoms with Crippen molar-refractivity contribution in [2.24, 2.45) is 11.8 Å². The van der Waals surface area contributed by atoms with E-state index in [1.165, 1.54) is 10.9 Å². The number of carbonyl (C=O) groups is 1. The Hall–Kier alpha value is -1.56. The van der Waals surface area contributed by atoms with Gasteiger partial charge in [-0.25, -0.2) is 4.79 Å². The summed E-state index contributed by atoms with van der Waals surface area (Å²) >= 11 is 12.1. The molecule has 1 aromatic heterocycles. The first kappa shape index (κ1) is 16.9. The van der Waals surface area contributed by atoms with Crippen molar-refractivity contribution in [2.75, 3.05) is 13.1 Å². The molecule has 0 bridgehead atoms. The molecular weight excluding hydrogens is 359 g/mol. The van der Waals surface area contributed by atoms with E-state index in [9.17, 15) is 4.79 Å². The maximum absolute atomic E-state index is 12.5. The molecule has 1 aliphatic carbocycles. The van der Waals surface area contributed by atoms with Crippen LogP contribution in [0.1, 0.15) is 18.4 Å². The Morgan fingerprint density at radius 3 is 2.56 bits per heavy atom. The minimum Gasteiger partial charge on any atom is -0.322 e. The molecule has 132 valence electrons. The van der Waals surface area contributed by atoms with E-state index >= 15 is 0 Å². The predicted molar refractivity (Wildman–Crippen MR) is 97.9 cm³/mol. The lowest BCUT2D eigenvalue weighted by Crippen LogP contribution is -2.35. The third-order valence-corrected chi connectivity index (χ3v) is 5.87. The van der Waals surface area contributed by atoms with E-state index in [1.807, 2.05) is 23.1 Å². The van der Waals surface area contributed by atoms with E-state index in [4.69, 9.17) is 23.2 Å². The van der Waals surface area contributed by atoms with E-state index in [2.05, 4.69) is 16.5 Å². The Kier molecular flexibility index (Phi) is 4.71. The summed E-state index contributed by atoms with van der Waals surface area (Å²) in [6.45, 7) is 2.38. The van der Waals surface area contributed by atoms with Crippen molar-refractivity contribution in [3.8, 4) is 0 Å². The van der Waals surface area contributed by atoms with Crippen LogP contribution in [0.15, 0.2) is 36.7 Å². The van der Waals surface area contributed by atoms with E-state index in [-0.39, 0.29) is 6.03 Å². The number of amides is 1. The molecule has 2 aliphatic rings. The summed E-state index contributed by atoms with van der Waals surface area (Å²) in [5.74, 6) is 1.11. The molecule has 1 amide bonds. The second-order valence-corrected chi connectivity index (χ2v) is 7.80. The molecule has 1 unspecified atom stereocenters. The molecule has 1 aromatic carbocycles. The van der Waals surface area contributed by atoms with Crippen molar-refractivity contribution in [1.29, 1.82) is 0 Å². The lowest BCUT2D eigenvalue weighted by molar-refractivity contribution is 0.202. The number of hydrogen-bond acceptors (Lipinski definition) is 3. The number of fused-ring (bicyclic) bond motifs is 1. The fourth-order valence-corrected chi connectivity index (χ4v) is 4.41. The van der Waals surface area contributed by atoms with Gasteiger partial charge in [0.25, 0.3) is 0 Å². The van der Waals surface area contributed by atoms with Gasteiger partial charge in [-0.1, -0.05) is 41.4 Å². The number of likely N-dealkylation sites (tertiary alicyclic amines) is 1. The molecule has 0 radical (unpaired) electrons. The number of aromatic nitrogens is 2. The average molecular weight is 379 g/mol. The number of nitrogens with one attached hydrogen (secondary N) is 1. The minimum atomic E-state index is -0.0816. The number of hydrogen-bond donors (Lipinski definition) is 1. The molecule has 1 saturated heterocycles. The summed E-state index contributed by atoms with van der Waals surface area (Å²) in [5.41, 5.74) is 1.13. The van der Waals surface area contributed by atoms with Gasteiger partial charge in [0.05, 0.1) is 17.4 Å². The Morgan fingerprint density at radius 1 is 1.20 bits per heavy atom. The van der Waals surface area contributed by atoms with Crippen LogP contribution < -0.4 is 5.32 Å². The molecule has 2 heterocycles. The van der Waals surface area contributed by atoms with E-state index in [0.29, 0.717) is 22.9 Å². The quantitative estimate of drug-likeness (QED) is 0.886. The van der Waals surface area contributed by atoms with Crippen LogP contribution in [0.5, 0.6) is 0 Å². The van der Waals surface area contributed by atoms with Crippen molar-refractivity contribution in [3.63, 3.8) is 0 Å². The molecular formula is C18H20Cl2N4O. The maximum atomic E-state index is 12.5. The number of benzene rings is 1. The van der Waals surface area contributed by atoms with E-state index in [1.54, 1.807) is 6.20 Å². The smallest absolute Gasteiger partial charge is 0.322 e. The summed E-state index contributed by atoms with van der Waals surface area (Å²) in [4.78, 5) is 14.4. The monoisotopic (exact) mass is 378 g/mol. The number of carbonyl (C=O) groups excluding carboxylic acids is 1. The van der Waals surface area contributed by atoms with Crippen LogP contribution in [0.25, 0.3) is 0 Å². The van der Waals surface area contributed by atoms with Crippen LogP contribution in [0.4, 0.5) is 4.79 Å². The second-order valence-electron chi connectivity index (χ2n) is 6.95. The average Bonchev–Trinajstić information content (AvgIpc) is 3.28. The highest BCUT2D eigenvalue weighted by atomic mass is 35.5. The van der Waals surface area contributed by atoms with Crippen LogP contribution in [-0.2, 0) is 6.54 Å². The van der Waals surface area contributed by atoms with Crippen molar-refractivity contribution < 1.29 is 4.79 Å². The molecule has 7 heteroatoms. The molecule has 1 aliphatic heterocycles. The summed E-state index contributed by atoms with van der Waals surface area (Å²) in [6, 6.07) is 8.35. The van der Waals surface area contributed by atoms with Gasteiger partial charge in [0.1, 0.15) is 0 Å². The standard InChI is InChI=1S/C18H20Cl2N4O/c19-15-8-22-24(11-15)18(25)23-9-13-5-16(6-14(13)10-23)21-7-12-3-1-2-4-17(12)20/h1-4,8,11,13-14,16,21H,5-7,9-10H2/t13-,14+,16?. The summed E-state index contributed by atoms with van der Waals surface area (Å²) in [7, 11) is 0. The first-order valence-electron chi connectivity index (χ1n) is 8.56. The third kappa shape index (κ3) is 3.54. The zero-order chi connectivity index (χ0) is 17.4. The number of rotatable bonds is 3. The van der Waals surface area contributed by atoms with Gasteiger partial charge < -0.3 is 10.2 Å². The highest BCUT2D eigenvalue weighted by molar-refractivity contribution is 6.31. The molecule has 5 nitrogen and oxygen atoms in total. The normalized spacial score (nSPS) is 25.4. The first-order chi connectivity index (χ1) is 12.1. The molecule has 0 spiro atoms. The zero-order valence-electron chi connectivity index (χ0n) is 13.7. The van der Waals surface area contributed by atoms with Gasteiger partial charge in [0.15, 0.2) is 0 Å². The van der Waals surface area contributed by atoms with Crippen LogP contribution in [0.2, 0.25) is 10.0 Å². The van der Waals surface area contributed by atoms with Gasteiger partial charge >= 0.3 is 6.03 Å². The van der Waals surface area contributed by atoms with Crippen molar-refractivity contribution in [3.05, 3.63) is 52.3 Å². The summed E-state index contributed by atoms with van der Waals surface area (Å²) in [5, 5.41) is 8.92. The lowest BCUT2D eigenvalue weighted by atomic mass is 10.0. The highest BCUT2D eigenvalue weighted by Gasteiger charge is 2.42. The largest absolute Gasteiger partial charge is 0.344 e. The first-order valence-corrected chi connectivity index (χ1v) is 9.32. The van der Waals surface area contributed by atoms with Crippen LogP contribution in [0.3, 0.4) is 0 Å². The fraction of sp³-hybridized carbons (Fsp3) is 0.444.